The van der Waals surface area contributed by atoms with E-state index < -0.39 is 0 Å². The molecule has 76 valence electrons. The van der Waals surface area contributed by atoms with E-state index in [9.17, 15) is 0 Å². The highest BCUT2D eigenvalue weighted by atomic mass is 14.9. The van der Waals surface area contributed by atoms with Crippen molar-refractivity contribution in [2.75, 3.05) is 6.54 Å². The van der Waals surface area contributed by atoms with Gasteiger partial charge in [-0.2, -0.15) is 0 Å². The van der Waals surface area contributed by atoms with Crippen LogP contribution in [-0.4, -0.2) is 12.6 Å². The summed E-state index contributed by atoms with van der Waals surface area (Å²) in [6.07, 6.45) is 7.88. The van der Waals surface area contributed by atoms with E-state index in [1.807, 2.05) is 6.92 Å². The number of rotatable bonds is 7. The van der Waals surface area contributed by atoms with E-state index in [1.54, 1.807) is 0 Å². The Morgan fingerprint density at radius 1 is 1.54 bits per heavy atom. The van der Waals surface area contributed by atoms with E-state index in [2.05, 4.69) is 37.9 Å². The van der Waals surface area contributed by atoms with Crippen LogP contribution in [0.1, 0.15) is 40.0 Å². The predicted octanol–water partition coefficient (Wildman–Crippen LogP) is 3.29. The van der Waals surface area contributed by atoms with E-state index >= 15 is 0 Å². The number of hydrogen-bond donors (Lipinski definition) is 1. The molecule has 1 heteroatoms. The van der Waals surface area contributed by atoms with Gasteiger partial charge in [0.05, 0.1) is 0 Å². The van der Waals surface area contributed by atoms with Gasteiger partial charge in [0, 0.05) is 12.6 Å². The Morgan fingerprint density at radius 3 is 2.77 bits per heavy atom. The summed E-state index contributed by atoms with van der Waals surface area (Å²) in [5.41, 5.74) is 1.29. The third-order valence-corrected chi connectivity index (χ3v) is 2.06. The van der Waals surface area contributed by atoms with Crippen LogP contribution in [0, 0.1) is 0 Å². The van der Waals surface area contributed by atoms with Crippen LogP contribution >= 0.6 is 0 Å². The largest absolute Gasteiger partial charge is 0.311 e. The molecule has 0 saturated heterocycles. The molecule has 0 aromatic carbocycles. The Bertz CT molecular complexity index is 159. The zero-order valence-electron chi connectivity index (χ0n) is 9.27. The summed E-state index contributed by atoms with van der Waals surface area (Å²) in [5.74, 6) is 0. The van der Waals surface area contributed by atoms with Gasteiger partial charge in [-0.3, -0.25) is 0 Å². The molecule has 0 radical (unpaired) electrons. The van der Waals surface area contributed by atoms with Crippen molar-refractivity contribution >= 4 is 0 Å². The Morgan fingerprint density at radius 2 is 2.23 bits per heavy atom. The van der Waals surface area contributed by atoms with Gasteiger partial charge in [-0.1, -0.05) is 17.7 Å². The van der Waals surface area contributed by atoms with Crippen molar-refractivity contribution in [2.45, 2.75) is 46.1 Å². The summed E-state index contributed by atoms with van der Waals surface area (Å²) in [6.45, 7) is 11.3. The fourth-order valence-corrected chi connectivity index (χ4v) is 1.20. The molecule has 0 spiro atoms. The van der Waals surface area contributed by atoms with Gasteiger partial charge >= 0.3 is 0 Å². The maximum Gasteiger partial charge on any atom is 0.0137 e. The number of hydrogen-bond acceptors (Lipinski definition) is 1. The second kappa shape index (κ2) is 8.06. The summed E-state index contributed by atoms with van der Waals surface area (Å²) in [6, 6.07) is 0.621. The lowest BCUT2D eigenvalue weighted by Crippen LogP contribution is -2.25. The summed E-state index contributed by atoms with van der Waals surface area (Å²) in [4.78, 5) is 0. The first-order valence-corrected chi connectivity index (χ1v) is 5.15. The molecule has 0 aliphatic carbocycles. The molecule has 0 aromatic rings. The molecule has 1 atom stereocenters. The van der Waals surface area contributed by atoms with Crippen molar-refractivity contribution in [1.82, 2.24) is 5.32 Å². The highest BCUT2D eigenvalue weighted by molar-refractivity contribution is 4.87. The third kappa shape index (κ3) is 9.35. The van der Waals surface area contributed by atoms with Gasteiger partial charge < -0.3 is 5.32 Å². The molecule has 1 nitrogen and oxygen atoms in total. The maximum absolute atomic E-state index is 3.90. The van der Waals surface area contributed by atoms with Crippen molar-refractivity contribution in [2.24, 2.45) is 0 Å². The molecule has 0 aliphatic rings. The van der Waals surface area contributed by atoms with Gasteiger partial charge in [0.1, 0.15) is 0 Å². The van der Waals surface area contributed by atoms with E-state index in [4.69, 9.17) is 0 Å². The Labute approximate surface area is 82.9 Å². The van der Waals surface area contributed by atoms with Crippen LogP contribution < -0.4 is 5.32 Å². The Balaban J connectivity index is 3.29. The molecule has 1 N–H and O–H groups in total. The van der Waals surface area contributed by atoms with E-state index in [0.717, 1.165) is 13.0 Å². The van der Waals surface area contributed by atoms with Crippen LogP contribution in [0.5, 0.6) is 0 Å². The Kier molecular flexibility index (Phi) is 7.71. The molecule has 0 heterocycles. The van der Waals surface area contributed by atoms with Crippen molar-refractivity contribution in [3.05, 3.63) is 24.3 Å². The van der Waals surface area contributed by atoms with Gasteiger partial charge in [0.25, 0.3) is 0 Å². The van der Waals surface area contributed by atoms with E-state index in [-0.39, 0.29) is 0 Å². The molecule has 0 aromatic heterocycles. The zero-order chi connectivity index (χ0) is 10.1. The Hall–Kier alpha value is -0.560. The second-order valence-electron chi connectivity index (χ2n) is 3.73. The molecule has 0 fully saturated rings. The van der Waals surface area contributed by atoms with Crippen molar-refractivity contribution in [1.29, 1.82) is 0 Å². The van der Waals surface area contributed by atoms with Crippen LogP contribution in [0.4, 0.5) is 0 Å². The first kappa shape index (κ1) is 12.4. The lowest BCUT2D eigenvalue weighted by Gasteiger charge is -2.11. The minimum absolute atomic E-state index is 0.621. The lowest BCUT2D eigenvalue weighted by molar-refractivity contribution is 0.522. The minimum Gasteiger partial charge on any atom is -0.311 e. The first-order valence-electron chi connectivity index (χ1n) is 5.15. The first-order chi connectivity index (χ1) is 6.16. The highest BCUT2D eigenvalue weighted by Gasteiger charge is 1.98. The van der Waals surface area contributed by atoms with Gasteiger partial charge in [0.15, 0.2) is 0 Å². The molecule has 0 amide bonds. The fourth-order valence-electron chi connectivity index (χ4n) is 1.20. The molecule has 0 saturated carbocycles. The normalized spacial score (nSPS) is 13.5. The fraction of sp³-hybridized carbons (Fsp3) is 0.667. The van der Waals surface area contributed by atoms with Crippen LogP contribution in [0.15, 0.2) is 24.3 Å². The monoisotopic (exact) mass is 181 g/mol. The highest BCUT2D eigenvalue weighted by Crippen LogP contribution is 2.05. The smallest absolute Gasteiger partial charge is 0.0137 e. The van der Waals surface area contributed by atoms with Crippen molar-refractivity contribution < 1.29 is 0 Å². The quantitative estimate of drug-likeness (QED) is 0.594. The van der Waals surface area contributed by atoms with Gasteiger partial charge in [-0.25, -0.2) is 0 Å². The molecular formula is C12H23N. The third-order valence-electron chi connectivity index (χ3n) is 2.06. The predicted molar refractivity (Wildman–Crippen MR) is 60.9 cm³/mol. The van der Waals surface area contributed by atoms with E-state index in [0.29, 0.717) is 6.04 Å². The molecular weight excluding hydrogens is 158 g/mol. The summed E-state index contributed by atoms with van der Waals surface area (Å²) < 4.78 is 0. The van der Waals surface area contributed by atoms with E-state index in [1.165, 1.54) is 18.4 Å². The molecule has 1 unspecified atom stereocenters. The summed E-state index contributed by atoms with van der Waals surface area (Å²) in [7, 11) is 0. The maximum atomic E-state index is 3.90. The van der Waals surface area contributed by atoms with Crippen LogP contribution in [-0.2, 0) is 0 Å². The number of allylic oxidation sites excluding steroid dienone is 2. The SMILES string of the molecule is C=C(C)CCCC(C)NCC=CC. The lowest BCUT2D eigenvalue weighted by atomic mass is 10.1. The van der Waals surface area contributed by atoms with Gasteiger partial charge in [0.2, 0.25) is 0 Å². The average molecular weight is 181 g/mol. The molecule has 0 bridgehead atoms. The van der Waals surface area contributed by atoms with Gasteiger partial charge in [-0.05, 0) is 40.0 Å². The standard InChI is InChI=1S/C12H23N/c1-5-6-10-13-12(4)9-7-8-11(2)3/h5-6,12-13H,2,7-10H2,1,3-4H3. The number of nitrogens with one attached hydrogen (secondary N) is 1. The van der Waals surface area contributed by atoms with Crippen LogP contribution in [0.3, 0.4) is 0 Å². The molecule has 0 rings (SSSR count). The molecule has 13 heavy (non-hydrogen) atoms. The van der Waals surface area contributed by atoms with Crippen LogP contribution in [0.2, 0.25) is 0 Å². The average Bonchev–Trinajstić information content (AvgIpc) is 2.04. The second-order valence-corrected chi connectivity index (χ2v) is 3.73. The molecule has 0 aliphatic heterocycles. The summed E-state index contributed by atoms with van der Waals surface area (Å²) >= 11 is 0. The minimum atomic E-state index is 0.621. The summed E-state index contributed by atoms with van der Waals surface area (Å²) in [5, 5.41) is 3.44. The zero-order valence-corrected chi connectivity index (χ0v) is 9.27. The van der Waals surface area contributed by atoms with Crippen molar-refractivity contribution in [3.63, 3.8) is 0 Å². The van der Waals surface area contributed by atoms with Crippen LogP contribution in [0.25, 0.3) is 0 Å². The van der Waals surface area contributed by atoms with Crippen molar-refractivity contribution in [3.8, 4) is 0 Å². The topological polar surface area (TPSA) is 12.0 Å². The van der Waals surface area contributed by atoms with Gasteiger partial charge in [-0.15, -0.1) is 6.58 Å².